The number of hydrogen-bond acceptors (Lipinski definition) is 2. The van der Waals surface area contributed by atoms with Gasteiger partial charge < -0.3 is 10.8 Å². The average molecular weight is 177 g/mol. The highest BCUT2D eigenvalue weighted by atomic mass is 16.3. The number of primary amides is 1. The largest absolute Gasteiger partial charge is 0.392 e. The maximum absolute atomic E-state index is 11.0. The van der Waals surface area contributed by atoms with E-state index >= 15 is 0 Å². The molecule has 1 aliphatic carbocycles. The van der Waals surface area contributed by atoms with Crippen molar-refractivity contribution in [3.63, 3.8) is 0 Å². The van der Waals surface area contributed by atoms with Gasteiger partial charge in [0.15, 0.2) is 0 Å². The highest BCUT2D eigenvalue weighted by molar-refractivity contribution is 5.84. The molecule has 0 bridgehead atoms. The molecule has 1 aromatic carbocycles. The van der Waals surface area contributed by atoms with E-state index in [0.717, 1.165) is 11.1 Å². The lowest BCUT2D eigenvalue weighted by Gasteiger charge is -2.10. The molecule has 2 rings (SSSR count). The summed E-state index contributed by atoms with van der Waals surface area (Å²) in [6.45, 7) is 0. The molecule has 0 aromatic heterocycles. The van der Waals surface area contributed by atoms with Gasteiger partial charge >= 0.3 is 0 Å². The number of carbonyl (C=O) groups excluding carboxylic acids is 1. The molecule has 0 radical (unpaired) electrons. The first kappa shape index (κ1) is 8.26. The Morgan fingerprint density at radius 1 is 1.46 bits per heavy atom. The second-order valence-electron chi connectivity index (χ2n) is 3.35. The van der Waals surface area contributed by atoms with Gasteiger partial charge in [-0.3, -0.25) is 4.79 Å². The van der Waals surface area contributed by atoms with Crippen molar-refractivity contribution >= 4 is 5.91 Å². The molecule has 2 atom stereocenters. The SMILES string of the molecule is NC(=O)[C@@H]1c2ccccc2C[C@@H]1O. The number of hydrogen-bond donors (Lipinski definition) is 2. The lowest BCUT2D eigenvalue weighted by atomic mass is 9.99. The zero-order chi connectivity index (χ0) is 9.42. The van der Waals surface area contributed by atoms with Crippen LogP contribution in [0.3, 0.4) is 0 Å². The molecule has 0 saturated heterocycles. The Kier molecular flexibility index (Phi) is 1.81. The van der Waals surface area contributed by atoms with E-state index in [4.69, 9.17) is 5.73 Å². The van der Waals surface area contributed by atoms with Crippen LogP contribution in [0.4, 0.5) is 0 Å². The molecule has 1 aromatic rings. The first-order valence-corrected chi connectivity index (χ1v) is 4.25. The summed E-state index contributed by atoms with van der Waals surface area (Å²) in [6, 6.07) is 7.52. The van der Waals surface area contributed by atoms with Gasteiger partial charge in [0, 0.05) is 0 Å². The molecule has 68 valence electrons. The van der Waals surface area contributed by atoms with Crippen LogP contribution in [0.1, 0.15) is 17.0 Å². The third-order valence-electron chi connectivity index (χ3n) is 2.51. The highest BCUT2D eigenvalue weighted by Gasteiger charge is 2.34. The van der Waals surface area contributed by atoms with Crippen LogP contribution in [0.15, 0.2) is 24.3 Å². The fourth-order valence-corrected chi connectivity index (χ4v) is 1.92. The van der Waals surface area contributed by atoms with Gasteiger partial charge in [0.05, 0.1) is 12.0 Å². The van der Waals surface area contributed by atoms with Crippen LogP contribution in [0, 0.1) is 0 Å². The summed E-state index contributed by atoms with van der Waals surface area (Å²) in [5, 5.41) is 9.58. The first-order valence-electron chi connectivity index (χ1n) is 4.25. The van der Waals surface area contributed by atoms with Gasteiger partial charge in [-0.1, -0.05) is 24.3 Å². The standard InChI is InChI=1S/C10H11NO2/c11-10(13)9-7-4-2-1-3-6(7)5-8(9)12/h1-4,8-9,12H,5H2,(H2,11,13)/t8-,9+/m0/s1. The van der Waals surface area contributed by atoms with Crippen LogP contribution < -0.4 is 5.73 Å². The Labute approximate surface area is 76.2 Å². The summed E-state index contributed by atoms with van der Waals surface area (Å²) in [7, 11) is 0. The number of rotatable bonds is 1. The predicted octanol–water partition coefficient (Wildman–Crippen LogP) is 0.173. The van der Waals surface area contributed by atoms with E-state index in [2.05, 4.69) is 0 Å². The van der Waals surface area contributed by atoms with Gasteiger partial charge in [-0.25, -0.2) is 0 Å². The number of amides is 1. The van der Waals surface area contributed by atoms with E-state index in [1.807, 2.05) is 24.3 Å². The third kappa shape index (κ3) is 1.21. The molecule has 0 spiro atoms. The zero-order valence-electron chi connectivity index (χ0n) is 7.10. The molecule has 0 unspecified atom stereocenters. The average Bonchev–Trinajstić information content (AvgIpc) is 2.39. The summed E-state index contributed by atoms with van der Waals surface area (Å²) in [4.78, 5) is 11.0. The molecule has 1 aliphatic rings. The first-order chi connectivity index (χ1) is 6.20. The van der Waals surface area contributed by atoms with Gasteiger partial charge in [0.1, 0.15) is 0 Å². The number of nitrogens with two attached hydrogens (primary N) is 1. The maximum atomic E-state index is 11.0. The highest BCUT2D eigenvalue weighted by Crippen LogP contribution is 2.32. The van der Waals surface area contributed by atoms with E-state index in [1.165, 1.54) is 0 Å². The molecular weight excluding hydrogens is 166 g/mol. The maximum Gasteiger partial charge on any atom is 0.227 e. The molecule has 13 heavy (non-hydrogen) atoms. The van der Waals surface area contributed by atoms with Crippen LogP contribution in [0.2, 0.25) is 0 Å². The second-order valence-corrected chi connectivity index (χ2v) is 3.35. The summed E-state index contributed by atoms with van der Waals surface area (Å²) >= 11 is 0. The molecule has 0 heterocycles. The van der Waals surface area contributed by atoms with Crippen molar-refractivity contribution in [2.24, 2.45) is 5.73 Å². The molecular formula is C10H11NO2. The topological polar surface area (TPSA) is 63.3 Å². The molecule has 1 amide bonds. The fraction of sp³-hybridized carbons (Fsp3) is 0.300. The molecule has 0 fully saturated rings. The normalized spacial score (nSPS) is 25.6. The van der Waals surface area contributed by atoms with Crippen molar-refractivity contribution in [1.29, 1.82) is 0 Å². The second kappa shape index (κ2) is 2.85. The third-order valence-corrected chi connectivity index (χ3v) is 2.51. The van der Waals surface area contributed by atoms with Crippen molar-refractivity contribution in [3.05, 3.63) is 35.4 Å². The van der Waals surface area contributed by atoms with Crippen molar-refractivity contribution in [2.75, 3.05) is 0 Å². The molecule has 3 nitrogen and oxygen atoms in total. The van der Waals surface area contributed by atoms with Crippen molar-refractivity contribution < 1.29 is 9.90 Å². The monoisotopic (exact) mass is 177 g/mol. The van der Waals surface area contributed by atoms with Crippen LogP contribution in [-0.2, 0) is 11.2 Å². The minimum Gasteiger partial charge on any atom is -0.392 e. The van der Waals surface area contributed by atoms with E-state index in [9.17, 15) is 9.90 Å². The van der Waals surface area contributed by atoms with Gasteiger partial charge in [0.2, 0.25) is 5.91 Å². The Morgan fingerprint density at radius 3 is 2.85 bits per heavy atom. The Bertz CT molecular complexity index is 349. The number of aliphatic hydroxyl groups is 1. The lowest BCUT2D eigenvalue weighted by molar-refractivity contribution is -0.121. The summed E-state index contributed by atoms with van der Waals surface area (Å²) in [5.74, 6) is -0.964. The zero-order valence-corrected chi connectivity index (χ0v) is 7.10. The van der Waals surface area contributed by atoms with Crippen molar-refractivity contribution in [3.8, 4) is 0 Å². The Hall–Kier alpha value is -1.35. The van der Waals surface area contributed by atoms with Crippen molar-refractivity contribution in [1.82, 2.24) is 0 Å². The van der Waals surface area contributed by atoms with E-state index < -0.39 is 17.9 Å². The molecule has 0 saturated carbocycles. The molecule has 3 heteroatoms. The lowest BCUT2D eigenvalue weighted by Crippen LogP contribution is -2.28. The minimum absolute atomic E-state index is 0.447. The minimum atomic E-state index is -0.644. The van der Waals surface area contributed by atoms with Crippen LogP contribution >= 0.6 is 0 Å². The van der Waals surface area contributed by atoms with Gasteiger partial charge in [-0.05, 0) is 17.5 Å². The van der Waals surface area contributed by atoms with E-state index in [0.29, 0.717) is 6.42 Å². The summed E-state index contributed by atoms with van der Waals surface area (Å²) < 4.78 is 0. The number of aliphatic hydroxyl groups excluding tert-OH is 1. The Balaban J connectivity index is 2.46. The van der Waals surface area contributed by atoms with Gasteiger partial charge in [-0.15, -0.1) is 0 Å². The number of benzene rings is 1. The summed E-state index contributed by atoms with van der Waals surface area (Å²) in [6.07, 6.45) is -0.112. The van der Waals surface area contributed by atoms with E-state index in [-0.39, 0.29) is 0 Å². The number of carbonyl (C=O) groups is 1. The predicted molar refractivity (Wildman–Crippen MR) is 48.1 cm³/mol. The quantitative estimate of drug-likeness (QED) is 0.642. The van der Waals surface area contributed by atoms with Crippen molar-refractivity contribution in [2.45, 2.75) is 18.4 Å². The van der Waals surface area contributed by atoms with Gasteiger partial charge in [-0.2, -0.15) is 0 Å². The van der Waals surface area contributed by atoms with Gasteiger partial charge in [0.25, 0.3) is 0 Å². The fourth-order valence-electron chi connectivity index (χ4n) is 1.92. The Morgan fingerprint density at radius 2 is 2.15 bits per heavy atom. The van der Waals surface area contributed by atoms with E-state index in [1.54, 1.807) is 0 Å². The molecule has 3 N–H and O–H groups in total. The summed E-state index contributed by atoms with van der Waals surface area (Å²) in [5.41, 5.74) is 7.11. The van der Waals surface area contributed by atoms with Crippen LogP contribution in [-0.4, -0.2) is 17.1 Å². The number of fused-ring (bicyclic) bond motifs is 1. The molecule has 0 aliphatic heterocycles. The van der Waals surface area contributed by atoms with Crippen LogP contribution in [0.25, 0.3) is 0 Å². The smallest absolute Gasteiger partial charge is 0.227 e. The van der Waals surface area contributed by atoms with Crippen LogP contribution in [0.5, 0.6) is 0 Å².